The molecule has 0 nitrogen and oxygen atoms in total. The Kier molecular flexibility index (Phi) is 3.60. The van der Waals surface area contributed by atoms with Crippen molar-refractivity contribution in [3.05, 3.63) is 56.3 Å². The van der Waals surface area contributed by atoms with E-state index in [1.54, 1.807) is 11.3 Å². The molecule has 90 valence electrons. The molecule has 2 aromatic rings. The molecule has 0 saturated heterocycles. The van der Waals surface area contributed by atoms with Gasteiger partial charge in [-0.25, -0.2) is 0 Å². The Morgan fingerprint density at radius 2 is 1.71 bits per heavy atom. The average Bonchev–Trinajstić information content (AvgIpc) is 2.58. The van der Waals surface area contributed by atoms with E-state index in [4.69, 9.17) is 11.6 Å². The maximum Gasteiger partial charge on any atom is 0.0930 e. The van der Waals surface area contributed by atoms with Crippen LogP contribution in [0.25, 0.3) is 0 Å². The normalized spacial score (nSPS) is 12.8. The second-order valence-electron chi connectivity index (χ2n) is 4.61. The summed E-state index contributed by atoms with van der Waals surface area (Å²) in [5, 5.41) is -0.0204. The number of benzene rings is 1. The van der Waals surface area contributed by atoms with Gasteiger partial charge in [0, 0.05) is 9.75 Å². The quantitative estimate of drug-likeness (QED) is 0.645. The summed E-state index contributed by atoms with van der Waals surface area (Å²) in [4.78, 5) is 2.60. The standard InChI is InChI=1S/C15H17ClS/c1-9-5-6-13(11(3)7-9)15(16)14-8-10(2)12(4)17-14/h5-8,15H,1-4H3. The number of halogens is 1. The molecule has 1 atom stereocenters. The number of aryl methyl sites for hydroxylation is 4. The fraction of sp³-hybridized carbons (Fsp3) is 0.333. The highest BCUT2D eigenvalue weighted by Crippen LogP contribution is 2.36. The maximum atomic E-state index is 6.58. The fourth-order valence-electron chi connectivity index (χ4n) is 1.99. The zero-order valence-electron chi connectivity index (χ0n) is 10.7. The van der Waals surface area contributed by atoms with Crippen molar-refractivity contribution in [1.82, 2.24) is 0 Å². The first kappa shape index (κ1) is 12.7. The molecule has 0 bridgehead atoms. The van der Waals surface area contributed by atoms with Gasteiger partial charge in [-0.2, -0.15) is 0 Å². The Hall–Kier alpha value is -0.790. The van der Waals surface area contributed by atoms with Gasteiger partial charge >= 0.3 is 0 Å². The zero-order chi connectivity index (χ0) is 12.6. The van der Waals surface area contributed by atoms with Crippen molar-refractivity contribution in [1.29, 1.82) is 0 Å². The lowest BCUT2D eigenvalue weighted by Gasteiger charge is -2.11. The summed E-state index contributed by atoms with van der Waals surface area (Å²) in [6.45, 7) is 8.53. The van der Waals surface area contributed by atoms with E-state index < -0.39 is 0 Å². The molecule has 0 aliphatic carbocycles. The van der Waals surface area contributed by atoms with Crippen molar-refractivity contribution >= 4 is 22.9 Å². The second kappa shape index (κ2) is 4.83. The number of hydrogen-bond donors (Lipinski definition) is 0. The molecule has 1 unspecified atom stereocenters. The molecule has 1 aromatic carbocycles. The minimum atomic E-state index is -0.0204. The van der Waals surface area contributed by atoms with Crippen LogP contribution in [0.1, 0.15) is 37.4 Å². The van der Waals surface area contributed by atoms with Crippen LogP contribution in [-0.4, -0.2) is 0 Å². The molecule has 0 aliphatic heterocycles. The molecule has 0 spiro atoms. The molecule has 0 saturated carbocycles. The Morgan fingerprint density at radius 3 is 2.24 bits per heavy atom. The van der Waals surface area contributed by atoms with Gasteiger partial charge in [0.05, 0.1) is 5.38 Å². The van der Waals surface area contributed by atoms with Crippen molar-refractivity contribution < 1.29 is 0 Å². The molecule has 1 heterocycles. The zero-order valence-corrected chi connectivity index (χ0v) is 12.2. The number of rotatable bonds is 2. The number of hydrogen-bond acceptors (Lipinski definition) is 1. The Morgan fingerprint density at radius 1 is 1.00 bits per heavy atom. The van der Waals surface area contributed by atoms with Crippen LogP contribution < -0.4 is 0 Å². The number of alkyl halides is 1. The lowest BCUT2D eigenvalue weighted by molar-refractivity contribution is 1.13. The summed E-state index contributed by atoms with van der Waals surface area (Å²) in [5.74, 6) is 0. The molecule has 17 heavy (non-hydrogen) atoms. The fourth-order valence-corrected chi connectivity index (χ4v) is 3.47. The van der Waals surface area contributed by atoms with Crippen molar-refractivity contribution in [2.24, 2.45) is 0 Å². The van der Waals surface area contributed by atoms with Gasteiger partial charge in [0.25, 0.3) is 0 Å². The predicted molar refractivity (Wildman–Crippen MR) is 77.4 cm³/mol. The Bertz CT molecular complexity index is 520. The van der Waals surface area contributed by atoms with E-state index in [0.29, 0.717) is 0 Å². The third-order valence-corrected chi connectivity index (χ3v) is 4.95. The molecular weight excluding hydrogens is 248 g/mol. The molecule has 2 heteroatoms. The van der Waals surface area contributed by atoms with E-state index in [2.05, 4.69) is 52.0 Å². The molecule has 1 aromatic heterocycles. The maximum absolute atomic E-state index is 6.58. The smallest absolute Gasteiger partial charge is 0.0930 e. The van der Waals surface area contributed by atoms with E-state index in [-0.39, 0.29) is 5.38 Å². The van der Waals surface area contributed by atoms with Crippen LogP contribution in [0.5, 0.6) is 0 Å². The van der Waals surface area contributed by atoms with Crippen LogP contribution in [-0.2, 0) is 0 Å². The lowest BCUT2D eigenvalue weighted by Crippen LogP contribution is -1.94. The molecular formula is C15H17ClS. The molecule has 0 aliphatic rings. The summed E-state index contributed by atoms with van der Waals surface area (Å²) in [6, 6.07) is 8.67. The van der Waals surface area contributed by atoms with Gasteiger partial charge in [-0.05, 0) is 50.5 Å². The number of thiophene rings is 1. The summed E-state index contributed by atoms with van der Waals surface area (Å²) < 4.78 is 0. The first-order valence-electron chi connectivity index (χ1n) is 5.77. The van der Waals surface area contributed by atoms with Gasteiger partial charge in [0.2, 0.25) is 0 Å². The third kappa shape index (κ3) is 2.56. The highest BCUT2D eigenvalue weighted by atomic mass is 35.5. The Labute approximate surface area is 112 Å². The van der Waals surface area contributed by atoms with Gasteiger partial charge < -0.3 is 0 Å². The van der Waals surface area contributed by atoms with Crippen LogP contribution in [0.15, 0.2) is 24.3 Å². The predicted octanol–water partition coefficient (Wildman–Crippen LogP) is 5.31. The monoisotopic (exact) mass is 264 g/mol. The van der Waals surface area contributed by atoms with Crippen LogP contribution in [0, 0.1) is 27.7 Å². The third-order valence-electron chi connectivity index (χ3n) is 3.13. The summed E-state index contributed by atoms with van der Waals surface area (Å²) in [7, 11) is 0. The highest BCUT2D eigenvalue weighted by molar-refractivity contribution is 7.12. The van der Waals surface area contributed by atoms with E-state index in [9.17, 15) is 0 Å². The largest absolute Gasteiger partial charge is 0.143 e. The van der Waals surface area contributed by atoms with E-state index in [1.165, 1.54) is 32.0 Å². The topological polar surface area (TPSA) is 0 Å². The van der Waals surface area contributed by atoms with Crippen LogP contribution in [0.3, 0.4) is 0 Å². The average molecular weight is 265 g/mol. The lowest BCUT2D eigenvalue weighted by atomic mass is 10.0. The van der Waals surface area contributed by atoms with Crippen LogP contribution >= 0.6 is 22.9 Å². The van der Waals surface area contributed by atoms with Crippen LogP contribution in [0.4, 0.5) is 0 Å². The summed E-state index contributed by atoms with van der Waals surface area (Å²) >= 11 is 8.38. The minimum absolute atomic E-state index is 0.0204. The first-order valence-corrected chi connectivity index (χ1v) is 7.02. The minimum Gasteiger partial charge on any atom is -0.143 e. The molecule has 0 amide bonds. The second-order valence-corrected chi connectivity index (χ2v) is 6.33. The molecule has 0 fully saturated rings. The van der Waals surface area contributed by atoms with Gasteiger partial charge in [-0.3, -0.25) is 0 Å². The summed E-state index contributed by atoms with van der Waals surface area (Å²) in [5.41, 5.74) is 5.11. The Balaban J connectivity index is 2.39. The summed E-state index contributed by atoms with van der Waals surface area (Å²) in [6.07, 6.45) is 0. The van der Waals surface area contributed by atoms with Crippen LogP contribution in [0.2, 0.25) is 0 Å². The van der Waals surface area contributed by atoms with Crippen molar-refractivity contribution in [3.63, 3.8) is 0 Å². The highest BCUT2D eigenvalue weighted by Gasteiger charge is 2.16. The van der Waals surface area contributed by atoms with Gasteiger partial charge in [-0.1, -0.05) is 23.8 Å². The molecule has 0 N–H and O–H groups in total. The SMILES string of the molecule is Cc1ccc(C(Cl)c2cc(C)c(C)s2)c(C)c1. The van der Waals surface area contributed by atoms with E-state index in [0.717, 1.165) is 0 Å². The molecule has 0 radical (unpaired) electrons. The van der Waals surface area contributed by atoms with Gasteiger partial charge in [0.1, 0.15) is 0 Å². The van der Waals surface area contributed by atoms with E-state index >= 15 is 0 Å². The van der Waals surface area contributed by atoms with Crippen molar-refractivity contribution in [2.75, 3.05) is 0 Å². The molecule has 2 rings (SSSR count). The van der Waals surface area contributed by atoms with Crippen molar-refractivity contribution in [3.8, 4) is 0 Å². The van der Waals surface area contributed by atoms with E-state index in [1.807, 2.05) is 0 Å². The van der Waals surface area contributed by atoms with Gasteiger partial charge in [-0.15, -0.1) is 22.9 Å². The first-order chi connectivity index (χ1) is 7.99. The van der Waals surface area contributed by atoms with Gasteiger partial charge in [0.15, 0.2) is 0 Å². The van der Waals surface area contributed by atoms with Crippen molar-refractivity contribution in [2.45, 2.75) is 33.1 Å².